The molecular formula is C22H13BrIN3O4. The first kappa shape index (κ1) is 21.2. The summed E-state index contributed by atoms with van der Waals surface area (Å²) in [7, 11) is 0. The highest BCUT2D eigenvalue weighted by Gasteiger charge is 2.13. The molecular weight excluding hydrogens is 577 g/mol. The predicted octanol–water partition coefficient (Wildman–Crippen LogP) is 6.42. The summed E-state index contributed by atoms with van der Waals surface area (Å²) in [6, 6.07) is 17.1. The maximum atomic E-state index is 12.3. The molecule has 0 aliphatic rings. The van der Waals surface area contributed by atoms with Crippen LogP contribution in [-0.4, -0.2) is 15.8 Å². The van der Waals surface area contributed by atoms with Crippen molar-refractivity contribution in [2.24, 2.45) is 0 Å². The third-order valence-electron chi connectivity index (χ3n) is 4.32. The lowest BCUT2D eigenvalue weighted by Gasteiger charge is -2.01. The van der Waals surface area contributed by atoms with E-state index in [1.165, 1.54) is 24.3 Å². The number of nitrogens with one attached hydrogen (secondary N) is 1. The number of nitrogens with zero attached hydrogens (tertiary/aromatic N) is 2. The van der Waals surface area contributed by atoms with Crippen molar-refractivity contribution in [3.63, 3.8) is 0 Å². The highest BCUT2D eigenvalue weighted by atomic mass is 127. The lowest BCUT2D eigenvalue weighted by molar-refractivity contribution is -0.384. The van der Waals surface area contributed by atoms with Gasteiger partial charge >= 0.3 is 0 Å². The van der Waals surface area contributed by atoms with Gasteiger partial charge in [-0.1, -0.05) is 12.1 Å². The summed E-state index contributed by atoms with van der Waals surface area (Å²) in [4.78, 5) is 27.2. The molecule has 1 aromatic heterocycles. The van der Waals surface area contributed by atoms with E-state index in [4.69, 9.17) is 4.42 Å². The molecule has 0 fully saturated rings. The summed E-state index contributed by atoms with van der Waals surface area (Å²) in [5.74, 6) is 0.115. The molecule has 0 aliphatic heterocycles. The van der Waals surface area contributed by atoms with E-state index in [1.807, 2.05) is 18.2 Å². The SMILES string of the molecule is O=C(C=Cc1cccc([N+](=O)[O-])c1)Nc1ccc2oc(-c3cc(I)ccc3Br)nc2c1. The van der Waals surface area contributed by atoms with Gasteiger partial charge < -0.3 is 9.73 Å². The van der Waals surface area contributed by atoms with E-state index >= 15 is 0 Å². The number of rotatable bonds is 5. The number of aromatic nitrogens is 1. The zero-order valence-electron chi connectivity index (χ0n) is 15.7. The van der Waals surface area contributed by atoms with Gasteiger partial charge in [0.05, 0.1) is 10.5 Å². The van der Waals surface area contributed by atoms with Gasteiger partial charge in [-0.05, 0) is 86.6 Å². The fourth-order valence-corrected chi connectivity index (χ4v) is 3.79. The van der Waals surface area contributed by atoms with Crippen molar-refractivity contribution >= 4 is 73.0 Å². The molecule has 9 heteroatoms. The van der Waals surface area contributed by atoms with E-state index in [0.717, 1.165) is 13.6 Å². The van der Waals surface area contributed by atoms with Gasteiger partial charge in [0, 0.05) is 31.9 Å². The Morgan fingerprint density at radius 1 is 1.16 bits per heavy atom. The molecule has 1 heterocycles. The molecule has 0 saturated carbocycles. The third-order valence-corrected chi connectivity index (χ3v) is 5.68. The first-order chi connectivity index (χ1) is 14.9. The molecule has 0 unspecified atom stereocenters. The summed E-state index contributed by atoms with van der Waals surface area (Å²) in [6.45, 7) is 0. The van der Waals surface area contributed by atoms with E-state index < -0.39 is 4.92 Å². The van der Waals surface area contributed by atoms with Crippen LogP contribution in [-0.2, 0) is 4.79 Å². The Labute approximate surface area is 198 Å². The van der Waals surface area contributed by atoms with Gasteiger partial charge in [0.2, 0.25) is 11.8 Å². The second kappa shape index (κ2) is 8.98. The van der Waals surface area contributed by atoms with Crippen molar-refractivity contribution in [2.45, 2.75) is 0 Å². The van der Waals surface area contributed by atoms with Gasteiger partial charge in [-0.2, -0.15) is 0 Å². The molecule has 1 N–H and O–H groups in total. The van der Waals surface area contributed by atoms with Crippen LogP contribution in [0, 0.1) is 13.7 Å². The quantitative estimate of drug-likeness (QED) is 0.125. The fourth-order valence-electron chi connectivity index (χ4n) is 2.88. The second-order valence-electron chi connectivity index (χ2n) is 6.50. The van der Waals surface area contributed by atoms with Crippen LogP contribution < -0.4 is 5.32 Å². The lowest BCUT2D eigenvalue weighted by atomic mass is 10.2. The van der Waals surface area contributed by atoms with Crippen molar-refractivity contribution < 1.29 is 14.1 Å². The van der Waals surface area contributed by atoms with Crippen LogP contribution in [0.5, 0.6) is 0 Å². The number of carbonyl (C=O) groups is 1. The minimum absolute atomic E-state index is 0.0328. The first-order valence-corrected chi connectivity index (χ1v) is 10.9. The number of nitro groups is 1. The van der Waals surface area contributed by atoms with E-state index in [1.54, 1.807) is 30.3 Å². The standard InChI is InChI=1S/C22H13BrIN3O4/c23-18-7-5-14(24)11-17(18)22-26-19-12-15(6-8-20(19)31-22)25-21(28)9-4-13-2-1-3-16(10-13)27(29)30/h1-12H,(H,25,28). The fraction of sp³-hybridized carbons (Fsp3) is 0. The molecule has 0 bridgehead atoms. The third kappa shape index (κ3) is 5.00. The minimum atomic E-state index is -0.478. The number of oxazole rings is 1. The van der Waals surface area contributed by atoms with Gasteiger partial charge in [0.1, 0.15) is 5.52 Å². The maximum Gasteiger partial charge on any atom is 0.270 e. The Morgan fingerprint density at radius 3 is 2.81 bits per heavy atom. The summed E-state index contributed by atoms with van der Waals surface area (Å²) < 4.78 is 7.79. The maximum absolute atomic E-state index is 12.3. The topological polar surface area (TPSA) is 98.3 Å². The number of nitro benzene ring substituents is 1. The highest BCUT2D eigenvalue weighted by molar-refractivity contribution is 14.1. The molecule has 4 rings (SSSR count). The highest BCUT2D eigenvalue weighted by Crippen LogP contribution is 2.32. The van der Waals surface area contributed by atoms with Crippen LogP contribution >= 0.6 is 38.5 Å². The van der Waals surface area contributed by atoms with E-state index in [-0.39, 0.29) is 11.6 Å². The average Bonchev–Trinajstić information content (AvgIpc) is 3.17. The zero-order chi connectivity index (χ0) is 22.0. The summed E-state index contributed by atoms with van der Waals surface area (Å²) in [5, 5.41) is 13.6. The number of halogens is 2. The van der Waals surface area contributed by atoms with Crippen LogP contribution in [0.1, 0.15) is 5.56 Å². The molecule has 1 amide bonds. The number of carbonyl (C=O) groups excluding carboxylic acids is 1. The molecule has 0 radical (unpaired) electrons. The van der Waals surface area contributed by atoms with E-state index in [2.05, 4.69) is 48.8 Å². The van der Waals surface area contributed by atoms with Crippen LogP contribution in [0.2, 0.25) is 0 Å². The van der Waals surface area contributed by atoms with E-state index in [9.17, 15) is 14.9 Å². The van der Waals surface area contributed by atoms with Crippen LogP contribution in [0.15, 0.2) is 75.6 Å². The van der Waals surface area contributed by atoms with Crippen molar-refractivity contribution in [3.8, 4) is 11.5 Å². The number of amides is 1. The number of fused-ring (bicyclic) bond motifs is 1. The van der Waals surface area contributed by atoms with Crippen molar-refractivity contribution in [1.29, 1.82) is 0 Å². The number of non-ortho nitro benzene ring substituents is 1. The van der Waals surface area contributed by atoms with Crippen LogP contribution in [0.25, 0.3) is 28.6 Å². The van der Waals surface area contributed by atoms with Gasteiger partial charge in [-0.25, -0.2) is 4.98 Å². The zero-order valence-corrected chi connectivity index (χ0v) is 19.5. The Hall–Kier alpha value is -3.05. The van der Waals surface area contributed by atoms with Gasteiger partial charge in [-0.3, -0.25) is 14.9 Å². The van der Waals surface area contributed by atoms with E-state index in [0.29, 0.717) is 28.2 Å². The Kier molecular flexibility index (Phi) is 6.14. The summed E-state index contributed by atoms with van der Waals surface area (Å²) in [6.07, 6.45) is 2.84. The smallest absolute Gasteiger partial charge is 0.270 e. The van der Waals surface area contributed by atoms with Gasteiger partial charge in [0.15, 0.2) is 5.58 Å². The number of anilines is 1. The normalized spacial score (nSPS) is 11.2. The first-order valence-electron chi connectivity index (χ1n) is 8.98. The molecule has 154 valence electrons. The molecule has 31 heavy (non-hydrogen) atoms. The van der Waals surface area contributed by atoms with Crippen LogP contribution in [0.3, 0.4) is 0 Å². The molecule has 7 nitrogen and oxygen atoms in total. The predicted molar refractivity (Wildman–Crippen MR) is 131 cm³/mol. The minimum Gasteiger partial charge on any atom is -0.436 e. The summed E-state index contributed by atoms with van der Waals surface area (Å²) >= 11 is 5.74. The molecule has 0 saturated heterocycles. The van der Waals surface area contributed by atoms with Gasteiger partial charge in [0.25, 0.3) is 5.69 Å². The van der Waals surface area contributed by atoms with Crippen molar-refractivity contribution in [3.05, 3.63) is 90.5 Å². The average molecular weight is 590 g/mol. The lowest BCUT2D eigenvalue weighted by Crippen LogP contribution is -2.07. The molecule has 3 aromatic carbocycles. The Morgan fingerprint density at radius 2 is 2.00 bits per heavy atom. The van der Waals surface area contributed by atoms with Crippen molar-refractivity contribution in [2.75, 3.05) is 5.32 Å². The molecule has 0 atom stereocenters. The second-order valence-corrected chi connectivity index (χ2v) is 8.60. The van der Waals surface area contributed by atoms with Crippen molar-refractivity contribution in [1.82, 2.24) is 4.98 Å². The number of hydrogen-bond donors (Lipinski definition) is 1. The number of benzene rings is 3. The largest absolute Gasteiger partial charge is 0.436 e. The summed E-state index contributed by atoms with van der Waals surface area (Å²) in [5.41, 5.74) is 3.14. The Balaban J connectivity index is 1.52. The molecule has 0 aliphatic carbocycles. The Bertz CT molecular complexity index is 1350. The number of hydrogen-bond acceptors (Lipinski definition) is 5. The molecule has 0 spiro atoms. The van der Waals surface area contributed by atoms with Crippen LogP contribution in [0.4, 0.5) is 11.4 Å². The monoisotopic (exact) mass is 589 g/mol. The van der Waals surface area contributed by atoms with Gasteiger partial charge in [-0.15, -0.1) is 0 Å². The molecule has 4 aromatic rings.